The molecule has 0 bridgehead atoms. The van der Waals surface area contributed by atoms with Crippen molar-refractivity contribution in [1.29, 1.82) is 0 Å². The van der Waals surface area contributed by atoms with Gasteiger partial charge in [-0.3, -0.25) is 0 Å². The van der Waals surface area contributed by atoms with Crippen LogP contribution in [0.25, 0.3) is 0 Å². The topological polar surface area (TPSA) is 20.2 Å². The van der Waals surface area contributed by atoms with E-state index in [0.29, 0.717) is 11.7 Å². The molecule has 18 heavy (non-hydrogen) atoms. The maximum atomic E-state index is 9.97. The van der Waals surface area contributed by atoms with Gasteiger partial charge in [0.25, 0.3) is 0 Å². The molecule has 1 nitrogen and oxygen atoms in total. The Hall–Kier alpha value is -1.76. The zero-order chi connectivity index (χ0) is 12.4. The van der Waals surface area contributed by atoms with Gasteiger partial charge < -0.3 is 5.11 Å². The minimum absolute atomic E-state index is 0.391. The van der Waals surface area contributed by atoms with Crippen LogP contribution in [0.4, 0.5) is 0 Å². The van der Waals surface area contributed by atoms with Crippen molar-refractivity contribution >= 4 is 0 Å². The molecule has 91 valence electrons. The molecular weight excluding hydrogens is 220 g/mol. The van der Waals surface area contributed by atoms with Crippen LogP contribution in [0.1, 0.15) is 35.4 Å². The number of phenols is 1. The Morgan fingerprint density at radius 2 is 1.89 bits per heavy atom. The molecule has 1 unspecified atom stereocenters. The van der Waals surface area contributed by atoms with Crippen molar-refractivity contribution in [3.05, 3.63) is 65.2 Å². The van der Waals surface area contributed by atoms with Gasteiger partial charge in [-0.15, -0.1) is 0 Å². The number of phenolic OH excluding ortho intramolecular Hbond substituents is 1. The molecule has 0 aromatic heterocycles. The van der Waals surface area contributed by atoms with Crippen LogP contribution in [0.15, 0.2) is 42.5 Å². The van der Waals surface area contributed by atoms with Gasteiger partial charge in [0.2, 0.25) is 0 Å². The molecule has 0 saturated heterocycles. The lowest BCUT2D eigenvalue weighted by Gasteiger charge is -2.16. The second kappa shape index (κ2) is 4.85. The molecule has 0 saturated carbocycles. The molecule has 1 atom stereocenters. The van der Waals surface area contributed by atoms with Gasteiger partial charge in [0.05, 0.1) is 0 Å². The fraction of sp³-hybridized carbons (Fsp3) is 0.294. The fourth-order valence-electron chi connectivity index (χ4n) is 2.92. The van der Waals surface area contributed by atoms with Crippen LogP contribution in [0.5, 0.6) is 5.75 Å². The Labute approximate surface area is 108 Å². The van der Waals surface area contributed by atoms with Crippen molar-refractivity contribution in [2.45, 2.75) is 31.6 Å². The molecule has 1 heteroatoms. The lowest BCUT2D eigenvalue weighted by atomic mass is 9.89. The molecule has 0 fully saturated rings. The number of aromatic hydroxyl groups is 1. The highest BCUT2D eigenvalue weighted by molar-refractivity contribution is 5.37. The first-order chi connectivity index (χ1) is 8.84. The second-order valence-electron chi connectivity index (χ2n) is 5.03. The highest BCUT2D eigenvalue weighted by atomic mass is 16.3. The smallest absolute Gasteiger partial charge is 0.119 e. The Morgan fingerprint density at radius 3 is 2.72 bits per heavy atom. The van der Waals surface area contributed by atoms with Crippen LogP contribution in [-0.2, 0) is 12.8 Å². The average molecular weight is 237 g/mol. The third-order valence-electron chi connectivity index (χ3n) is 3.86. The SMILES string of the molecule is Oc1ccc[c]c1C1CCCc2ccccc2C1. The summed E-state index contributed by atoms with van der Waals surface area (Å²) >= 11 is 0. The summed E-state index contributed by atoms with van der Waals surface area (Å²) < 4.78 is 0. The normalized spacial score (nSPS) is 19.0. The van der Waals surface area contributed by atoms with Crippen LogP contribution in [0.3, 0.4) is 0 Å². The first kappa shape index (κ1) is 11.3. The van der Waals surface area contributed by atoms with Gasteiger partial charge in [0, 0.05) is 5.56 Å². The van der Waals surface area contributed by atoms with Gasteiger partial charge >= 0.3 is 0 Å². The predicted octanol–water partition coefficient (Wildman–Crippen LogP) is 3.85. The quantitative estimate of drug-likeness (QED) is 0.747. The molecule has 1 aliphatic carbocycles. The van der Waals surface area contributed by atoms with E-state index in [1.54, 1.807) is 6.07 Å². The minimum atomic E-state index is 0.391. The van der Waals surface area contributed by atoms with Crippen molar-refractivity contribution in [3.8, 4) is 5.75 Å². The number of rotatable bonds is 1. The van der Waals surface area contributed by atoms with Crippen LogP contribution >= 0.6 is 0 Å². The number of fused-ring (bicyclic) bond motifs is 1. The van der Waals surface area contributed by atoms with Crippen LogP contribution in [0, 0.1) is 6.07 Å². The summed E-state index contributed by atoms with van der Waals surface area (Å²) in [5.41, 5.74) is 3.88. The zero-order valence-electron chi connectivity index (χ0n) is 10.4. The van der Waals surface area contributed by atoms with Gasteiger partial charge in [-0.05, 0) is 54.9 Å². The predicted molar refractivity (Wildman–Crippen MR) is 72.8 cm³/mol. The van der Waals surface area contributed by atoms with Crippen molar-refractivity contribution in [2.75, 3.05) is 0 Å². The van der Waals surface area contributed by atoms with Crippen molar-refractivity contribution in [1.82, 2.24) is 0 Å². The van der Waals surface area contributed by atoms with E-state index < -0.39 is 0 Å². The van der Waals surface area contributed by atoms with E-state index in [2.05, 4.69) is 30.3 Å². The van der Waals surface area contributed by atoms with Gasteiger partial charge in [-0.1, -0.05) is 36.4 Å². The standard InChI is InChI=1S/C17H17O/c18-17-11-4-3-10-16(17)15-9-5-8-13-6-1-2-7-14(13)12-15/h1-4,6-7,11,15,18H,5,8-9,12H2. The summed E-state index contributed by atoms with van der Waals surface area (Å²) in [6.45, 7) is 0. The van der Waals surface area contributed by atoms with Gasteiger partial charge in [0.15, 0.2) is 0 Å². The monoisotopic (exact) mass is 237 g/mol. The van der Waals surface area contributed by atoms with E-state index in [0.717, 1.165) is 24.8 Å². The largest absolute Gasteiger partial charge is 0.508 e. The average Bonchev–Trinajstić information content (AvgIpc) is 2.61. The third-order valence-corrected chi connectivity index (χ3v) is 3.86. The molecule has 2 aromatic rings. The first-order valence-electron chi connectivity index (χ1n) is 6.61. The number of hydrogen-bond acceptors (Lipinski definition) is 1. The Morgan fingerprint density at radius 1 is 1.06 bits per heavy atom. The summed E-state index contributed by atoms with van der Waals surface area (Å²) in [5.74, 6) is 0.789. The summed E-state index contributed by atoms with van der Waals surface area (Å²) in [6, 6.07) is 17.4. The molecule has 0 amide bonds. The van der Waals surface area contributed by atoms with E-state index in [4.69, 9.17) is 0 Å². The second-order valence-corrected chi connectivity index (χ2v) is 5.03. The Bertz CT molecular complexity index is 545. The number of benzene rings is 2. The summed E-state index contributed by atoms with van der Waals surface area (Å²) in [6.07, 6.45) is 4.48. The van der Waals surface area contributed by atoms with Crippen molar-refractivity contribution < 1.29 is 5.11 Å². The van der Waals surface area contributed by atoms with E-state index in [9.17, 15) is 5.11 Å². The molecule has 0 aliphatic heterocycles. The van der Waals surface area contributed by atoms with Crippen LogP contribution < -0.4 is 0 Å². The Balaban J connectivity index is 1.94. The Kier molecular flexibility index (Phi) is 3.06. The summed E-state index contributed by atoms with van der Waals surface area (Å²) in [5, 5.41) is 9.97. The molecule has 1 radical (unpaired) electrons. The molecule has 2 aromatic carbocycles. The maximum absolute atomic E-state index is 9.97. The van der Waals surface area contributed by atoms with Gasteiger partial charge in [0.1, 0.15) is 5.75 Å². The van der Waals surface area contributed by atoms with Crippen LogP contribution in [0.2, 0.25) is 0 Å². The van der Waals surface area contributed by atoms with Crippen molar-refractivity contribution in [2.24, 2.45) is 0 Å². The lowest BCUT2D eigenvalue weighted by molar-refractivity contribution is 0.456. The van der Waals surface area contributed by atoms with E-state index in [1.165, 1.54) is 17.5 Å². The number of aryl methyl sites for hydroxylation is 1. The third kappa shape index (κ3) is 2.13. The highest BCUT2D eigenvalue weighted by Gasteiger charge is 2.20. The molecular formula is C17H17O. The van der Waals surface area contributed by atoms with Crippen LogP contribution in [-0.4, -0.2) is 5.11 Å². The highest BCUT2D eigenvalue weighted by Crippen LogP contribution is 2.35. The van der Waals surface area contributed by atoms with E-state index >= 15 is 0 Å². The molecule has 0 heterocycles. The van der Waals surface area contributed by atoms with Gasteiger partial charge in [-0.2, -0.15) is 0 Å². The van der Waals surface area contributed by atoms with Gasteiger partial charge in [-0.25, -0.2) is 0 Å². The van der Waals surface area contributed by atoms with Crippen molar-refractivity contribution in [3.63, 3.8) is 0 Å². The zero-order valence-corrected chi connectivity index (χ0v) is 10.4. The molecule has 3 rings (SSSR count). The lowest BCUT2D eigenvalue weighted by Crippen LogP contribution is -2.02. The molecule has 1 N–H and O–H groups in total. The molecule has 1 aliphatic rings. The minimum Gasteiger partial charge on any atom is -0.508 e. The van der Waals surface area contributed by atoms with E-state index in [-0.39, 0.29) is 0 Å². The summed E-state index contributed by atoms with van der Waals surface area (Å²) in [7, 11) is 0. The molecule has 0 spiro atoms. The fourth-order valence-corrected chi connectivity index (χ4v) is 2.92. The maximum Gasteiger partial charge on any atom is 0.119 e. The number of hydrogen-bond donors (Lipinski definition) is 1. The van der Waals surface area contributed by atoms with E-state index in [1.807, 2.05) is 12.1 Å². The first-order valence-corrected chi connectivity index (χ1v) is 6.61. The summed E-state index contributed by atoms with van der Waals surface area (Å²) in [4.78, 5) is 0.